The van der Waals surface area contributed by atoms with Crippen molar-refractivity contribution in [1.82, 2.24) is 0 Å². The van der Waals surface area contributed by atoms with Gasteiger partial charge in [-0.3, -0.25) is 4.79 Å². The lowest BCUT2D eigenvalue weighted by atomic mass is 10.1. The van der Waals surface area contributed by atoms with Crippen LogP contribution in [0.3, 0.4) is 0 Å². The first kappa shape index (κ1) is 22.7. The van der Waals surface area contributed by atoms with E-state index in [0.717, 1.165) is 4.47 Å². The van der Waals surface area contributed by atoms with Crippen LogP contribution < -0.4 is 18.9 Å². The Morgan fingerprint density at radius 2 is 1.74 bits per heavy atom. The third kappa shape index (κ3) is 4.06. The molecule has 2 heterocycles. The monoisotopic (exact) mass is 534 g/mol. The lowest BCUT2D eigenvalue weighted by Gasteiger charge is -2.09. The van der Waals surface area contributed by atoms with E-state index in [1.165, 1.54) is 7.11 Å². The van der Waals surface area contributed by atoms with Gasteiger partial charge in [0.2, 0.25) is 11.5 Å². The van der Waals surface area contributed by atoms with Crippen molar-refractivity contribution in [3.05, 3.63) is 87.3 Å². The van der Waals surface area contributed by atoms with E-state index in [4.69, 9.17) is 23.4 Å². The Hall–Kier alpha value is -4.04. The zero-order valence-electron chi connectivity index (χ0n) is 19.0. The van der Waals surface area contributed by atoms with E-state index in [9.17, 15) is 9.59 Å². The number of allylic oxidation sites excluding steroid dienone is 1. The molecule has 0 atom stereocenters. The van der Waals surface area contributed by atoms with Gasteiger partial charge in [0.25, 0.3) is 0 Å². The van der Waals surface area contributed by atoms with Gasteiger partial charge >= 0.3 is 5.97 Å². The van der Waals surface area contributed by atoms with Crippen LogP contribution in [0.5, 0.6) is 23.0 Å². The van der Waals surface area contributed by atoms with Crippen molar-refractivity contribution in [2.45, 2.75) is 6.92 Å². The van der Waals surface area contributed by atoms with E-state index < -0.39 is 5.97 Å². The standard InChI is InChI=1S/C27H19BrO7/c1-14-19(35-27(30)23-12-15-5-4-6-21(32-3)26(15)34-23)10-8-18-24(29)22(33-25(14)18)13-16-11-17(28)7-9-20(16)31-2/h4-13H,1-3H3/b22-13-. The SMILES string of the molecule is COc1ccc(Br)cc1/C=C1\Oc2c(ccc(OC(=O)c3cc4cccc(OC)c4o3)c2C)C1=O. The summed E-state index contributed by atoms with van der Waals surface area (Å²) in [6, 6.07) is 15.6. The number of rotatable bonds is 5. The largest absolute Gasteiger partial charge is 0.496 e. The maximum Gasteiger partial charge on any atom is 0.379 e. The Balaban J connectivity index is 1.43. The highest BCUT2D eigenvalue weighted by molar-refractivity contribution is 9.10. The molecule has 0 bridgehead atoms. The van der Waals surface area contributed by atoms with Gasteiger partial charge in [-0.1, -0.05) is 28.1 Å². The van der Waals surface area contributed by atoms with Crippen molar-refractivity contribution >= 4 is 44.7 Å². The van der Waals surface area contributed by atoms with Gasteiger partial charge in [0, 0.05) is 21.0 Å². The van der Waals surface area contributed by atoms with Crippen LogP contribution in [-0.4, -0.2) is 26.0 Å². The summed E-state index contributed by atoms with van der Waals surface area (Å²) in [7, 11) is 3.08. The number of carbonyl (C=O) groups excluding carboxylic acids is 2. The number of carbonyl (C=O) groups is 2. The van der Waals surface area contributed by atoms with Gasteiger partial charge in [-0.05, 0) is 55.5 Å². The molecule has 176 valence electrons. The van der Waals surface area contributed by atoms with E-state index in [-0.39, 0.29) is 23.1 Å². The fourth-order valence-corrected chi connectivity index (χ4v) is 4.26. The normalized spacial score (nSPS) is 13.6. The highest BCUT2D eigenvalue weighted by atomic mass is 79.9. The molecule has 3 aromatic carbocycles. The zero-order chi connectivity index (χ0) is 24.7. The molecule has 0 spiro atoms. The van der Waals surface area contributed by atoms with Crippen molar-refractivity contribution in [3.8, 4) is 23.0 Å². The molecule has 1 aromatic heterocycles. The van der Waals surface area contributed by atoms with Gasteiger partial charge in [-0.25, -0.2) is 4.79 Å². The minimum atomic E-state index is -0.676. The molecule has 8 heteroatoms. The lowest BCUT2D eigenvalue weighted by molar-refractivity contribution is 0.0702. The molecule has 0 saturated carbocycles. The average Bonchev–Trinajstić information content (AvgIpc) is 3.43. The highest BCUT2D eigenvalue weighted by Gasteiger charge is 2.31. The minimum absolute atomic E-state index is 0.0312. The topological polar surface area (TPSA) is 84.2 Å². The van der Waals surface area contributed by atoms with Gasteiger partial charge in [0.05, 0.1) is 19.8 Å². The number of ketones is 1. The molecule has 0 radical (unpaired) electrons. The first-order valence-electron chi connectivity index (χ1n) is 10.6. The summed E-state index contributed by atoms with van der Waals surface area (Å²) < 4.78 is 28.7. The Labute approximate surface area is 209 Å². The molecule has 0 N–H and O–H groups in total. The molecule has 1 aliphatic heterocycles. The van der Waals surface area contributed by atoms with E-state index >= 15 is 0 Å². The number of methoxy groups -OCH3 is 2. The maximum atomic E-state index is 13.0. The summed E-state index contributed by atoms with van der Waals surface area (Å²) in [5.74, 6) is 0.946. The Bertz CT molecular complexity index is 1530. The molecule has 5 rings (SSSR count). The van der Waals surface area contributed by atoms with Crippen LogP contribution in [0.2, 0.25) is 0 Å². The van der Waals surface area contributed by atoms with Gasteiger partial charge in [-0.2, -0.15) is 0 Å². The van der Waals surface area contributed by atoms with Crippen LogP contribution in [0.25, 0.3) is 17.0 Å². The van der Waals surface area contributed by atoms with Crippen LogP contribution in [0, 0.1) is 6.92 Å². The number of para-hydroxylation sites is 1. The van der Waals surface area contributed by atoms with Crippen molar-refractivity contribution in [2.75, 3.05) is 14.2 Å². The fraction of sp³-hybridized carbons (Fsp3) is 0.111. The summed E-state index contributed by atoms with van der Waals surface area (Å²) >= 11 is 3.43. The van der Waals surface area contributed by atoms with Crippen LogP contribution in [-0.2, 0) is 0 Å². The Morgan fingerprint density at radius 1 is 0.971 bits per heavy atom. The van der Waals surface area contributed by atoms with Crippen molar-refractivity contribution in [2.24, 2.45) is 0 Å². The summed E-state index contributed by atoms with van der Waals surface area (Å²) in [4.78, 5) is 25.8. The number of fused-ring (bicyclic) bond motifs is 2. The second kappa shape index (κ2) is 8.96. The molecular weight excluding hydrogens is 516 g/mol. The van der Waals surface area contributed by atoms with E-state index in [1.807, 2.05) is 18.2 Å². The van der Waals surface area contributed by atoms with Gasteiger partial charge < -0.3 is 23.4 Å². The highest BCUT2D eigenvalue weighted by Crippen LogP contribution is 2.40. The van der Waals surface area contributed by atoms with Gasteiger partial charge in [0.1, 0.15) is 17.2 Å². The molecule has 0 aliphatic carbocycles. The predicted molar refractivity (Wildman–Crippen MR) is 133 cm³/mol. The number of esters is 1. The molecule has 7 nitrogen and oxygen atoms in total. The third-order valence-electron chi connectivity index (χ3n) is 5.65. The number of furan rings is 1. The molecule has 35 heavy (non-hydrogen) atoms. The van der Waals surface area contributed by atoms with Crippen molar-refractivity contribution in [3.63, 3.8) is 0 Å². The molecule has 0 fully saturated rings. The number of hydrogen-bond acceptors (Lipinski definition) is 7. The lowest BCUT2D eigenvalue weighted by Crippen LogP contribution is -2.08. The summed E-state index contributed by atoms with van der Waals surface area (Å²) in [5.41, 5.74) is 2.04. The quantitative estimate of drug-likeness (QED) is 0.167. The second-order valence-electron chi connectivity index (χ2n) is 7.77. The average molecular weight is 535 g/mol. The smallest absolute Gasteiger partial charge is 0.379 e. The molecule has 0 amide bonds. The third-order valence-corrected chi connectivity index (χ3v) is 6.14. The minimum Gasteiger partial charge on any atom is -0.496 e. The zero-order valence-corrected chi connectivity index (χ0v) is 20.6. The number of ether oxygens (including phenoxy) is 4. The molecule has 0 saturated heterocycles. The fourth-order valence-electron chi connectivity index (χ4n) is 3.89. The molecule has 4 aromatic rings. The number of halogens is 1. The summed E-state index contributed by atoms with van der Waals surface area (Å²) in [6.07, 6.45) is 1.62. The van der Waals surface area contributed by atoms with Crippen molar-refractivity contribution in [1.29, 1.82) is 0 Å². The Kier molecular flexibility index (Phi) is 5.82. The first-order valence-corrected chi connectivity index (χ1v) is 11.4. The molecule has 0 unspecified atom stereocenters. The van der Waals surface area contributed by atoms with Crippen LogP contribution >= 0.6 is 15.9 Å². The number of Topliss-reactive ketones (excluding diaryl/α,β-unsaturated/α-hetero) is 1. The van der Waals surface area contributed by atoms with Crippen LogP contribution in [0.1, 0.15) is 32.0 Å². The summed E-state index contributed by atoms with van der Waals surface area (Å²) in [6.45, 7) is 1.72. The summed E-state index contributed by atoms with van der Waals surface area (Å²) in [5, 5.41) is 0.716. The Morgan fingerprint density at radius 3 is 2.51 bits per heavy atom. The molecular formula is C27H19BrO7. The van der Waals surface area contributed by atoms with Gasteiger partial charge in [0.15, 0.2) is 17.1 Å². The number of hydrogen-bond donors (Lipinski definition) is 0. The van der Waals surface area contributed by atoms with E-state index in [2.05, 4.69) is 15.9 Å². The van der Waals surface area contributed by atoms with Gasteiger partial charge in [-0.15, -0.1) is 0 Å². The number of benzene rings is 3. The van der Waals surface area contributed by atoms with Crippen molar-refractivity contribution < 1.29 is 33.0 Å². The predicted octanol–water partition coefficient (Wildman–Crippen LogP) is 6.36. The van der Waals surface area contributed by atoms with Crippen LogP contribution in [0.15, 0.2) is 69.2 Å². The maximum absolute atomic E-state index is 13.0. The van der Waals surface area contributed by atoms with E-state index in [0.29, 0.717) is 44.9 Å². The second-order valence-corrected chi connectivity index (χ2v) is 8.69. The van der Waals surface area contributed by atoms with E-state index in [1.54, 1.807) is 56.5 Å². The molecule has 1 aliphatic rings. The first-order chi connectivity index (χ1) is 16.9. The van der Waals surface area contributed by atoms with Crippen LogP contribution in [0.4, 0.5) is 0 Å².